The van der Waals surface area contributed by atoms with Crippen molar-refractivity contribution in [2.45, 2.75) is 11.1 Å². The maximum atomic E-state index is 12.2. The Labute approximate surface area is 159 Å². The van der Waals surface area contributed by atoms with E-state index in [0.717, 1.165) is 21.8 Å². The molecule has 6 nitrogen and oxygen atoms in total. The van der Waals surface area contributed by atoms with E-state index in [1.165, 1.54) is 41.7 Å². The largest absolute Gasteiger partial charge is 0.279 e. The lowest BCUT2D eigenvalue weighted by molar-refractivity contribution is 0.0955. The molecular weight excluding hydrogens is 390 g/mol. The summed E-state index contributed by atoms with van der Waals surface area (Å²) in [6.07, 6.45) is 1.60. The third kappa shape index (κ3) is 4.37. The second-order valence-corrected chi connectivity index (χ2v) is 9.09. The molecule has 0 atom stereocenters. The van der Waals surface area contributed by atoms with Gasteiger partial charge in [0.1, 0.15) is 4.21 Å². The number of rotatable bonds is 6. The van der Waals surface area contributed by atoms with Crippen LogP contribution in [0.5, 0.6) is 0 Å². The molecule has 0 unspecified atom stereocenters. The zero-order valence-corrected chi connectivity index (χ0v) is 16.1. The van der Waals surface area contributed by atoms with Gasteiger partial charge in [-0.1, -0.05) is 6.07 Å². The van der Waals surface area contributed by atoms with Crippen LogP contribution in [0.15, 0.2) is 62.5 Å². The Balaban J connectivity index is 1.63. The molecule has 26 heavy (non-hydrogen) atoms. The van der Waals surface area contributed by atoms with Crippen LogP contribution in [0.4, 0.5) is 5.69 Å². The molecule has 0 fully saturated rings. The number of anilines is 1. The summed E-state index contributed by atoms with van der Waals surface area (Å²) in [5.74, 6) is -0.372. The Morgan fingerprint density at radius 2 is 1.85 bits per heavy atom. The van der Waals surface area contributed by atoms with Crippen LogP contribution in [0.1, 0.15) is 20.8 Å². The standard InChI is InChI=1S/C17H15N3O3S3/c1-12-8-10-24-15(12)11-18-19-17(21)13-4-6-14(7-5-13)20-26(22,23)16-3-2-9-25-16/h2-11,20H,1H3,(H,19,21)/b18-11+. The van der Waals surface area contributed by atoms with Gasteiger partial charge in [-0.05, 0) is 59.6 Å². The number of hydrogen-bond acceptors (Lipinski definition) is 6. The molecule has 9 heteroatoms. The van der Waals surface area contributed by atoms with E-state index in [-0.39, 0.29) is 10.1 Å². The second-order valence-electron chi connectivity index (χ2n) is 5.28. The molecule has 3 rings (SSSR count). The predicted molar refractivity (Wildman–Crippen MR) is 106 cm³/mol. The molecule has 3 aromatic rings. The smallest absolute Gasteiger partial charge is 0.271 e. The average Bonchev–Trinajstić information content (AvgIpc) is 3.28. The zero-order chi connectivity index (χ0) is 18.6. The van der Waals surface area contributed by atoms with Gasteiger partial charge < -0.3 is 0 Å². The SMILES string of the molecule is Cc1ccsc1/C=N/NC(=O)c1ccc(NS(=O)(=O)c2cccs2)cc1. The van der Waals surface area contributed by atoms with Crippen LogP contribution in [-0.2, 0) is 10.0 Å². The number of carbonyl (C=O) groups is 1. The van der Waals surface area contributed by atoms with Gasteiger partial charge in [0.2, 0.25) is 0 Å². The maximum Gasteiger partial charge on any atom is 0.271 e. The van der Waals surface area contributed by atoms with Crippen LogP contribution in [0.3, 0.4) is 0 Å². The fourth-order valence-electron chi connectivity index (χ4n) is 2.04. The zero-order valence-electron chi connectivity index (χ0n) is 13.7. The third-order valence-electron chi connectivity index (χ3n) is 3.41. The van der Waals surface area contributed by atoms with Gasteiger partial charge >= 0.3 is 0 Å². The Morgan fingerprint density at radius 3 is 2.46 bits per heavy atom. The minimum absolute atomic E-state index is 0.234. The molecule has 2 heterocycles. The molecule has 1 amide bonds. The molecule has 0 radical (unpaired) electrons. The van der Waals surface area contributed by atoms with Crippen LogP contribution in [-0.4, -0.2) is 20.5 Å². The van der Waals surface area contributed by atoms with Crippen molar-refractivity contribution in [1.82, 2.24) is 5.43 Å². The third-order valence-corrected chi connectivity index (χ3v) is 7.14. The van der Waals surface area contributed by atoms with E-state index in [0.29, 0.717) is 11.3 Å². The van der Waals surface area contributed by atoms with Crippen LogP contribution in [0.2, 0.25) is 0 Å². The van der Waals surface area contributed by atoms with Crippen molar-refractivity contribution >= 4 is 50.5 Å². The molecule has 2 N–H and O–H groups in total. The van der Waals surface area contributed by atoms with Crippen molar-refractivity contribution in [3.05, 3.63) is 69.2 Å². The summed E-state index contributed by atoms with van der Waals surface area (Å²) in [5.41, 5.74) is 4.31. The Bertz CT molecular complexity index is 1020. The number of hydrazone groups is 1. The summed E-state index contributed by atoms with van der Waals surface area (Å²) >= 11 is 2.67. The first-order valence-electron chi connectivity index (χ1n) is 7.49. The molecule has 134 valence electrons. The number of benzene rings is 1. The van der Waals surface area contributed by atoms with Gasteiger partial charge in [-0.15, -0.1) is 22.7 Å². The highest BCUT2D eigenvalue weighted by atomic mass is 32.2. The Morgan fingerprint density at radius 1 is 1.08 bits per heavy atom. The minimum Gasteiger partial charge on any atom is -0.279 e. The first-order chi connectivity index (χ1) is 12.5. The highest BCUT2D eigenvalue weighted by molar-refractivity contribution is 7.94. The lowest BCUT2D eigenvalue weighted by atomic mass is 10.2. The highest BCUT2D eigenvalue weighted by Gasteiger charge is 2.15. The summed E-state index contributed by atoms with van der Waals surface area (Å²) in [7, 11) is -3.60. The number of aryl methyl sites for hydroxylation is 1. The molecule has 0 spiro atoms. The van der Waals surface area contributed by atoms with Crippen LogP contribution >= 0.6 is 22.7 Å². The molecule has 0 aliphatic heterocycles. The van der Waals surface area contributed by atoms with E-state index < -0.39 is 10.0 Å². The topological polar surface area (TPSA) is 87.6 Å². The number of thiophene rings is 2. The number of nitrogens with zero attached hydrogens (tertiary/aromatic N) is 1. The van der Waals surface area contributed by atoms with Crippen molar-refractivity contribution in [1.29, 1.82) is 0 Å². The van der Waals surface area contributed by atoms with E-state index in [1.807, 2.05) is 18.4 Å². The molecule has 0 aliphatic carbocycles. The first kappa shape index (κ1) is 18.3. The van der Waals surface area contributed by atoms with Crippen molar-refractivity contribution in [3.63, 3.8) is 0 Å². The van der Waals surface area contributed by atoms with Crippen LogP contribution in [0, 0.1) is 6.92 Å². The summed E-state index contributed by atoms with van der Waals surface area (Å²) in [5, 5.41) is 7.59. The summed E-state index contributed by atoms with van der Waals surface area (Å²) in [6.45, 7) is 1.97. The van der Waals surface area contributed by atoms with Crippen molar-refractivity contribution < 1.29 is 13.2 Å². The lowest BCUT2D eigenvalue weighted by Gasteiger charge is -2.07. The van der Waals surface area contributed by atoms with E-state index in [9.17, 15) is 13.2 Å². The average molecular weight is 406 g/mol. The molecule has 2 aromatic heterocycles. The van der Waals surface area contributed by atoms with Gasteiger partial charge in [-0.2, -0.15) is 5.10 Å². The van der Waals surface area contributed by atoms with Crippen molar-refractivity contribution in [2.24, 2.45) is 5.10 Å². The molecule has 0 aliphatic rings. The van der Waals surface area contributed by atoms with E-state index >= 15 is 0 Å². The molecule has 0 saturated heterocycles. The summed E-state index contributed by atoms with van der Waals surface area (Å²) in [6, 6.07) is 11.3. The molecule has 0 bridgehead atoms. The van der Waals surface area contributed by atoms with E-state index in [1.54, 1.807) is 17.7 Å². The molecule has 1 aromatic carbocycles. The lowest BCUT2D eigenvalue weighted by Crippen LogP contribution is -2.17. The minimum atomic E-state index is -3.60. The summed E-state index contributed by atoms with van der Waals surface area (Å²) < 4.78 is 27.0. The van der Waals surface area contributed by atoms with Crippen LogP contribution in [0.25, 0.3) is 0 Å². The Hall–Kier alpha value is -2.49. The number of hydrogen-bond donors (Lipinski definition) is 2. The fourth-order valence-corrected chi connectivity index (χ4v) is 4.88. The number of amides is 1. The van der Waals surface area contributed by atoms with Gasteiger partial charge in [-0.3, -0.25) is 9.52 Å². The first-order valence-corrected chi connectivity index (χ1v) is 10.7. The van der Waals surface area contributed by atoms with Gasteiger partial charge in [0.05, 0.1) is 6.21 Å². The Kier molecular flexibility index (Phi) is 5.50. The normalized spacial score (nSPS) is 11.6. The van der Waals surface area contributed by atoms with Crippen molar-refractivity contribution in [3.8, 4) is 0 Å². The van der Waals surface area contributed by atoms with Gasteiger partial charge in [0.15, 0.2) is 0 Å². The maximum absolute atomic E-state index is 12.2. The predicted octanol–water partition coefficient (Wildman–Crippen LogP) is 3.68. The van der Waals surface area contributed by atoms with E-state index in [2.05, 4.69) is 15.2 Å². The highest BCUT2D eigenvalue weighted by Crippen LogP contribution is 2.20. The van der Waals surface area contributed by atoms with Gasteiger partial charge in [0.25, 0.3) is 15.9 Å². The molecule has 0 saturated carbocycles. The monoisotopic (exact) mass is 405 g/mol. The molecular formula is C17H15N3O3S3. The van der Waals surface area contributed by atoms with Gasteiger partial charge in [0, 0.05) is 16.1 Å². The van der Waals surface area contributed by atoms with E-state index in [4.69, 9.17) is 0 Å². The second kappa shape index (κ2) is 7.81. The van der Waals surface area contributed by atoms with Crippen LogP contribution < -0.4 is 10.1 Å². The summed E-state index contributed by atoms with van der Waals surface area (Å²) in [4.78, 5) is 13.1. The quantitative estimate of drug-likeness (QED) is 0.484. The fraction of sp³-hybridized carbons (Fsp3) is 0.0588. The number of carbonyl (C=O) groups excluding carboxylic acids is 1. The number of nitrogens with one attached hydrogen (secondary N) is 2. The van der Waals surface area contributed by atoms with Crippen molar-refractivity contribution in [2.75, 3.05) is 4.72 Å². The van der Waals surface area contributed by atoms with Gasteiger partial charge in [-0.25, -0.2) is 13.8 Å². The number of sulfonamides is 1.